The second kappa shape index (κ2) is 15.3. The predicted molar refractivity (Wildman–Crippen MR) is 193 cm³/mol. The van der Waals surface area contributed by atoms with Crippen molar-refractivity contribution in [3.8, 4) is 11.5 Å². The fourth-order valence-corrected chi connectivity index (χ4v) is 7.90. The number of aromatic nitrogens is 1. The van der Waals surface area contributed by atoms with E-state index in [4.69, 9.17) is 9.47 Å². The number of amides is 1. The predicted octanol–water partition coefficient (Wildman–Crippen LogP) is 4.31. The summed E-state index contributed by atoms with van der Waals surface area (Å²) in [6.45, 7) is 4.37. The molecule has 3 atom stereocenters. The highest BCUT2D eigenvalue weighted by molar-refractivity contribution is 5.99. The summed E-state index contributed by atoms with van der Waals surface area (Å²) in [4.78, 5) is 44.4. The lowest BCUT2D eigenvalue weighted by molar-refractivity contribution is -0.167. The molecule has 3 saturated heterocycles. The van der Waals surface area contributed by atoms with Crippen molar-refractivity contribution in [2.75, 3.05) is 39.3 Å². The minimum atomic E-state index is -1.24. The number of fused-ring (bicyclic) bond motifs is 5. The number of ether oxygens (including phenoxy) is 2. The molecule has 3 fully saturated rings. The van der Waals surface area contributed by atoms with Gasteiger partial charge in [0.1, 0.15) is 17.6 Å². The van der Waals surface area contributed by atoms with Gasteiger partial charge in [0.25, 0.3) is 5.91 Å². The topological polar surface area (TPSA) is 153 Å². The van der Waals surface area contributed by atoms with Gasteiger partial charge < -0.3 is 35.3 Å². The Morgan fingerprint density at radius 3 is 2.67 bits per heavy atom. The molecule has 2 bridgehead atoms. The number of nitrogens with zero attached hydrogens (tertiary/aromatic N) is 1. The molecule has 4 aliphatic rings. The van der Waals surface area contributed by atoms with E-state index in [2.05, 4.69) is 20.5 Å². The van der Waals surface area contributed by atoms with Crippen LogP contribution < -0.4 is 20.9 Å². The minimum Gasteiger partial charge on any atom is -0.506 e. The van der Waals surface area contributed by atoms with Crippen molar-refractivity contribution < 1.29 is 29.3 Å². The lowest BCUT2D eigenvalue weighted by Crippen LogP contribution is -2.56. The van der Waals surface area contributed by atoms with Crippen LogP contribution >= 0.6 is 0 Å². The van der Waals surface area contributed by atoms with Crippen LogP contribution in [0.5, 0.6) is 11.5 Å². The molecule has 51 heavy (non-hydrogen) atoms. The van der Waals surface area contributed by atoms with Gasteiger partial charge in [-0.15, -0.1) is 0 Å². The molecule has 11 heteroatoms. The van der Waals surface area contributed by atoms with Gasteiger partial charge in [-0.25, -0.2) is 4.79 Å². The van der Waals surface area contributed by atoms with Gasteiger partial charge in [-0.05, 0) is 118 Å². The number of hydrogen-bond donors (Lipinski definition) is 5. The van der Waals surface area contributed by atoms with E-state index in [-0.39, 0.29) is 29.3 Å². The smallest absolute Gasteiger partial charge is 0.336 e. The number of aromatic hydroxyl groups is 1. The van der Waals surface area contributed by atoms with E-state index in [1.54, 1.807) is 30.3 Å². The first kappa shape index (κ1) is 34.7. The summed E-state index contributed by atoms with van der Waals surface area (Å²) < 4.78 is 12.2. The van der Waals surface area contributed by atoms with Gasteiger partial charge in [0.2, 0.25) is 5.56 Å². The number of hydrogen-bond acceptors (Lipinski definition) is 9. The third-order valence-corrected chi connectivity index (χ3v) is 10.7. The molecule has 8 rings (SSSR count). The number of piperidine rings is 3. The molecular formula is C40H46N4O7. The summed E-state index contributed by atoms with van der Waals surface area (Å²) in [5.41, 5.74) is 1.67. The summed E-state index contributed by atoms with van der Waals surface area (Å²) in [5.74, 6) is 0.201. The van der Waals surface area contributed by atoms with Crippen LogP contribution in [-0.2, 0) is 21.5 Å². The van der Waals surface area contributed by atoms with Gasteiger partial charge in [0.05, 0.1) is 18.2 Å². The number of esters is 1. The summed E-state index contributed by atoms with van der Waals surface area (Å²) in [7, 11) is 0. The van der Waals surface area contributed by atoms with Gasteiger partial charge in [0.15, 0.2) is 5.54 Å². The summed E-state index contributed by atoms with van der Waals surface area (Å²) in [6.07, 6.45) is 4.84. The van der Waals surface area contributed by atoms with Crippen molar-refractivity contribution in [2.45, 2.75) is 62.7 Å². The fraction of sp³-hybridized carbons (Fsp3) is 0.425. The number of H-pyrrole nitrogens is 1. The number of rotatable bonds is 14. The molecule has 1 aromatic heterocycles. The van der Waals surface area contributed by atoms with E-state index >= 15 is 0 Å². The highest BCUT2D eigenvalue weighted by atomic mass is 16.5. The van der Waals surface area contributed by atoms with E-state index in [1.807, 2.05) is 30.3 Å². The van der Waals surface area contributed by atoms with Crippen molar-refractivity contribution in [3.63, 3.8) is 0 Å². The lowest BCUT2D eigenvalue weighted by Gasteiger charge is -2.45. The third kappa shape index (κ3) is 7.51. The zero-order valence-electron chi connectivity index (χ0n) is 28.7. The Kier molecular flexibility index (Phi) is 10.4. The first-order valence-electron chi connectivity index (χ1n) is 18.1. The zero-order chi connectivity index (χ0) is 35.4. The van der Waals surface area contributed by atoms with Gasteiger partial charge >= 0.3 is 5.97 Å². The van der Waals surface area contributed by atoms with Crippen LogP contribution in [0.1, 0.15) is 71.7 Å². The maximum Gasteiger partial charge on any atom is 0.336 e. The Hall–Kier alpha value is -4.71. The number of aromatic amines is 1. The standard InChI is InChI=1S/C40H46N4O7/c45-33-13-11-30(31-12-14-36(47)42-37(31)33)34(46)24-41-19-4-1-5-22-50-29-9-6-8-28(23-29)38(48)43-40(18-15-26-7-2-3-10-32(26)40)39(49)51-35-25-44-20-16-27(35)17-21-44/h2-3,6-14,23,27,34-35,41,45-46H,1,4-5,15-22,24-25H2,(H,42,47)(H,43,48)/t34?,35?,40-/m1/s1. The van der Waals surface area contributed by atoms with Crippen molar-refractivity contribution in [1.82, 2.24) is 20.5 Å². The second-order valence-electron chi connectivity index (χ2n) is 14.0. The van der Waals surface area contributed by atoms with Gasteiger partial charge in [-0.1, -0.05) is 36.4 Å². The van der Waals surface area contributed by atoms with E-state index in [1.165, 1.54) is 12.1 Å². The molecule has 11 nitrogen and oxygen atoms in total. The number of unbranched alkanes of at least 4 members (excludes halogenated alkanes) is 2. The first-order valence-corrected chi connectivity index (χ1v) is 18.1. The molecular weight excluding hydrogens is 648 g/mol. The molecule has 2 unspecified atom stereocenters. The average Bonchev–Trinajstić information content (AvgIpc) is 3.53. The molecule has 1 aliphatic carbocycles. The number of carbonyl (C=O) groups excluding carboxylic acids is 2. The highest BCUT2D eigenvalue weighted by Crippen LogP contribution is 2.40. The van der Waals surface area contributed by atoms with E-state index < -0.39 is 11.6 Å². The van der Waals surface area contributed by atoms with Crippen LogP contribution in [0.2, 0.25) is 0 Å². The van der Waals surface area contributed by atoms with Crippen LogP contribution in [0.15, 0.2) is 77.6 Å². The van der Waals surface area contributed by atoms with E-state index in [9.17, 15) is 24.6 Å². The fourth-order valence-electron chi connectivity index (χ4n) is 7.90. The summed E-state index contributed by atoms with van der Waals surface area (Å²) in [5, 5.41) is 27.8. The van der Waals surface area contributed by atoms with Gasteiger partial charge in [-0.3, -0.25) is 14.5 Å². The molecule has 5 N–H and O–H groups in total. The van der Waals surface area contributed by atoms with Crippen LogP contribution in [0.25, 0.3) is 10.9 Å². The molecule has 4 aromatic rings. The molecule has 4 heterocycles. The van der Waals surface area contributed by atoms with Crippen molar-refractivity contribution >= 4 is 22.8 Å². The van der Waals surface area contributed by atoms with Crippen LogP contribution in [0.4, 0.5) is 0 Å². The Bertz CT molecular complexity index is 1940. The molecule has 1 amide bonds. The van der Waals surface area contributed by atoms with Crippen LogP contribution in [0.3, 0.4) is 0 Å². The normalized spacial score (nSPS) is 22.7. The largest absolute Gasteiger partial charge is 0.506 e. The van der Waals surface area contributed by atoms with Gasteiger partial charge in [0, 0.05) is 30.1 Å². The van der Waals surface area contributed by atoms with Crippen molar-refractivity contribution in [3.05, 3.63) is 105 Å². The zero-order valence-corrected chi connectivity index (χ0v) is 28.7. The van der Waals surface area contributed by atoms with E-state index in [0.717, 1.165) is 62.9 Å². The maximum absolute atomic E-state index is 14.0. The van der Waals surface area contributed by atoms with Crippen LogP contribution in [0, 0.1) is 5.92 Å². The quantitative estimate of drug-likeness (QED) is 0.0960. The minimum absolute atomic E-state index is 0.0379. The number of aryl methyl sites for hydroxylation is 1. The third-order valence-electron chi connectivity index (χ3n) is 10.7. The van der Waals surface area contributed by atoms with Crippen molar-refractivity contribution in [2.24, 2.45) is 5.92 Å². The SMILES string of the molecule is O=C(N[C@]1(C(=O)OC2CN3CCC2CC3)CCc2ccccc21)c1cccc(OCCCCCNCC(O)c2ccc(O)c3[nH]c(=O)ccc23)c1. The Labute approximate surface area is 297 Å². The maximum atomic E-state index is 14.0. The number of phenolic OH excluding ortho intramolecular Hbond substituents is 1. The molecule has 3 aromatic carbocycles. The lowest BCUT2D eigenvalue weighted by atomic mass is 9.85. The highest BCUT2D eigenvalue weighted by Gasteiger charge is 2.50. The summed E-state index contributed by atoms with van der Waals surface area (Å²) >= 11 is 0. The number of nitrogens with one attached hydrogen (secondary N) is 3. The monoisotopic (exact) mass is 694 g/mol. The van der Waals surface area contributed by atoms with Crippen LogP contribution in [-0.4, -0.2) is 77.4 Å². The van der Waals surface area contributed by atoms with E-state index in [0.29, 0.717) is 66.2 Å². The number of aliphatic hydroxyl groups is 1. The first-order chi connectivity index (χ1) is 24.8. The molecule has 3 aliphatic heterocycles. The summed E-state index contributed by atoms with van der Waals surface area (Å²) in [6, 6.07) is 21.0. The number of phenols is 1. The number of carbonyl (C=O) groups is 2. The average molecular weight is 695 g/mol. The molecule has 0 radical (unpaired) electrons. The Balaban J connectivity index is 0.889. The molecule has 0 saturated carbocycles. The molecule has 0 spiro atoms. The second-order valence-corrected chi connectivity index (χ2v) is 14.0. The number of aliphatic hydroxyl groups excluding tert-OH is 1. The van der Waals surface area contributed by atoms with Gasteiger partial charge in [-0.2, -0.15) is 0 Å². The Morgan fingerprint density at radius 2 is 1.84 bits per heavy atom. The Morgan fingerprint density at radius 1 is 1.00 bits per heavy atom. The van der Waals surface area contributed by atoms with Crippen molar-refractivity contribution in [1.29, 1.82) is 0 Å². The number of pyridine rings is 1. The molecule has 268 valence electrons. The number of benzene rings is 3.